The molecule has 5 nitrogen and oxygen atoms in total. The molecule has 0 aliphatic heterocycles. The highest BCUT2D eigenvalue weighted by atomic mass is 127. The second kappa shape index (κ2) is 10.4. The number of hydrogen-bond donors (Lipinski definition) is 2. The van der Waals surface area contributed by atoms with Gasteiger partial charge in [0.25, 0.3) is 0 Å². The first kappa shape index (κ1) is 21.6. The Hall–Kier alpha value is -0.410. The van der Waals surface area contributed by atoms with Gasteiger partial charge in [-0.05, 0) is 41.3 Å². The summed E-state index contributed by atoms with van der Waals surface area (Å²) < 4.78 is 0. The number of aliphatic imine (C=N–C) groups is 1. The van der Waals surface area contributed by atoms with Crippen molar-refractivity contribution in [3.63, 3.8) is 0 Å². The Morgan fingerprint density at radius 2 is 2.00 bits per heavy atom. The molecule has 0 spiro atoms. The molecule has 0 bridgehead atoms. The van der Waals surface area contributed by atoms with Crippen molar-refractivity contribution in [2.24, 2.45) is 4.99 Å². The number of aromatic nitrogens is 1. The lowest BCUT2D eigenvalue weighted by Gasteiger charge is -2.33. The molecule has 0 aromatic carbocycles. The monoisotopic (exact) mass is 439 g/mol. The Bertz CT molecular complexity index is 457. The number of rotatable bonds is 7. The van der Waals surface area contributed by atoms with Crippen LogP contribution < -0.4 is 10.6 Å². The summed E-state index contributed by atoms with van der Waals surface area (Å²) >= 11 is 1.74. The maximum Gasteiger partial charge on any atom is 0.191 e. The van der Waals surface area contributed by atoms with E-state index in [2.05, 4.69) is 67.3 Å². The van der Waals surface area contributed by atoms with Crippen molar-refractivity contribution in [3.05, 3.63) is 16.1 Å². The van der Waals surface area contributed by atoms with Crippen molar-refractivity contribution in [3.8, 4) is 0 Å². The van der Waals surface area contributed by atoms with Crippen LogP contribution in [0, 0.1) is 0 Å². The molecule has 0 saturated heterocycles. The Labute approximate surface area is 156 Å². The van der Waals surface area contributed by atoms with Crippen LogP contribution >= 0.6 is 35.3 Å². The summed E-state index contributed by atoms with van der Waals surface area (Å²) in [4.78, 5) is 12.5. The van der Waals surface area contributed by atoms with Crippen molar-refractivity contribution in [1.82, 2.24) is 20.5 Å². The molecule has 0 atom stereocenters. The van der Waals surface area contributed by atoms with Crippen molar-refractivity contribution < 1.29 is 0 Å². The van der Waals surface area contributed by atoms with Gasteiger partial charge in [0.1, 0.15) is 5.01 Å². The highest BCUT2D eigenvalue weighted by Crippen LogP contribution is 2.14. The van der Waals surface area contributed by atoms with Crippen LogP contribution in [0.15, 0.2) is 11.2 Å². The molecule has 0 fully saturated rings. The van der Waals surface area contributed by atoms with Gasteiger partial charge in [-0.3, -0.25) is 0 Å². The van der Waals surface area contributed by atoms with Crippen LogP contribution in [0.1, 0.15) is 37.6 Å². The van der Waals surface area contributed by atoms with Gasteiger partial charge in [0.2, 0.25) is 0 Å². The number of nitrogens with zero attached hydrogens (tertiary/aromatic N) is 3. The van der Waals surface area contributed by atoms with Gasteiger partial charge in [-0.15, -0.1) is 35.3 Å². The molecule has 0 saturated carbocycles. The Balaban J connectivity index is 0.00000441. The van der Waals surface area contributed by atoms with E-state index in [0.29, 0.717) is 6.54 Å². The predicted octanol–water partition coefficient (Wildman–Crippen LogP) is 2.72. The summed E-state index contributed by atoms with van der Waals surface area (Å²) in [5, 5.41) is 7.76. The summed E-state index contributed by atoms with van der Waals surface area (Å²) in [7, 11) is 4.18. The number of aryl methyl sites for hydroxylation is 1. The number of likely N-dealkylation sites (N-methyl/N-ethyl adjacent to an activating group) is 1. The lowest BCUT2D eigenvalue weighted by atomic mass is 10.0. The van der Waals surface area contributed by atoms with Crippen LogP contribution in [0.4, 0.5) is 0 Å². The Morgan fingerprint density at radius 1 is 1.32 bits per heavy atom. The normalized spacial score (nSPS) is 12.2. The molecule has 128 valence electrons. The van der Waals surface area contributed by atoms with E-state index >= 15 is 0 Å². The number of thiazole rings is 1. The average molecular weight is 439 g/mol. The van der Waals surface area contributed by atoms with Gasteiger partial charge in [0.15, 0.2) is 5.96 Å². The van der Waals surface area contributed by atoms with E-state index in [0.717, 1.165) is 30.5 Å². The second-order valence-corrected chi connectivity index (χ2v) is 7.03. The van der Waals surface area contributed by atoms with Crippen LogP contribution in [0.2, 0.25) is 0 Å². The van der Waals surface area contributed by atoms with Crippen LogP contribution in [-0.2, 0) is 13.0 Å². The molecule has 0 unspecified atom stereocenters. The maximum absolute atomic E-state index is 4.62. The molecule has 0 radical (unpaired) electrons. The minimum absolute atomic E-state index is 0. The van der Waals surface area contributed by atoms with Crippen molar-refractivity contribution in [2.45, 2.75) is 46.2 Å². The highest BCUT2D eigenvalue weighted by molar-refractivity contribution is 14.0. The topological polar surface area (TPSA) is 52.6 Å². The number of hydrogen-bond acceptors (Lipinski definition) is 4. The molecule has 2 N–H and O–H groups in total. The molecule has 1 heterocycles. The standard InChI is InChI=1S/C15H29N5S.HI/c1-7-12-9-17-13(21-12)10-18-14(16-8-2)19-11-15(3,4)20(5)6;/h9H,7-8,10-11H2,1-6H3,(H2,16,18,19);1H. The zero-order valence-electron chi connectivity index (χ0n) is 14.6. The Morgan fingerprint density at radius 3 is 2.50 bits per heavy atom. The molecule has 1 rings (SSSR count). The summed E-state index contributed by atoms with van der Waals surface area (Å²) in [5.41, 5.74) is 0.0761. The lowest BCUT2D eigenvalue weighted by molar-refractivity contribution is 0.197. The van der Waals surface area contributed by atoms with E-state index in [1.165, 1.54) is 4.88 Å². The SMILES string of the molecule is CCNC(=NCc1ncc(CC)s1)NCC(C)(C)N(C)C.I. The van der Waals surface area contributed by atoms with Crippen molar-refractivity contribution in [1.29, 1.82) is 0 Å². The number of guanidine groups is 1. The summed E-state index contributed by atoms with van der Waals surface area (Å²) in [6, 6.07) is 0. The smallest absolute Gasteiger partial charge is 0.191 e. The Kier molecular flexibility index (Phi) is 10.2. The third-order valence-corrected chi connectivity index (χ3v) is 4.69. The largest absolute Gasteiger partial charge is 0.357 e. The van der Waals surface area contributed by atoms with E-state index in [1.54, 1.807) is 11.3 Å². The van der Waals surface area contributed by atoms with Gasteiger partial charge >= 0.3 is 0 Å². The van der Waals surface area contributed by atoms with Crippen LogP contribution in [-0.4, -0.2) is 48.6 Å². The highest BCUT2D eigenvalue weighted by Gasteiger charge is 2.20. The predicted molar refractivity (Wildman–Crippen MR) is 107 cm³/mol. The first-order valence-corrected chi connectivity index (χ1v) is 8.34. The van der Waals surface area contributed by atoms with Gasteiger partial charge < -0.3 is 15.5 Å². The third kappa shape index (κ3) is 7.23. The number of nitrogens with one attached hydrogen (secondary N) is 2. The van der Waals surface area contributed by atoms with Crippen LogP contribution in [0.3, 0.4) is 0 Å². The molecule has 0 aliphatic rings. The zero-order valence-corrected chi connectivity index (χ0v) is 17.7. The van der Waals surface area contributed by atoms with Crippen LogP contribution in [0.5, 0.6) is 0 Å². The molecule has 22 heavy (non-hydrogen) atoms. The van der Waals surface area contributed by atoms with Crippen molar-refractivity contribution >= 4 is 41.3 Å². The molecular weight excluding hydrogens is 409 g/mol. The molecule has 0 amide bonds. The first-order chi connectivity index (χ1) is 9.89. The van der Waals surface area contributed by atoms with Gasteiger partial charge in [0, 0.05) is 29.7 Å². The van der Waals surface area contributed by atoms with E-state index < -0.39 is 0 Å². The molecule has 7 heteroatoms. The minimum atomic E-state index is 0. The van der Waals surface area contributed by atoms with Crippen LogP contribution in [0.25, 0.3) is 0 Å². The lowest BCUT2D eigenvalue weighted by Crippen LogP contribution is -2.50. The van der Waals surface area contributed by atoms with E-state index in [4.69, 9.17) is 0 Å². The summed E-state index contributed by atoms with van der Waals surface area (Å²) in [6.45, 7) is 11.0. The second-order valence-electron chi connectivity index (χ2n) is 5.83. The average Bonchev–Trinajstić information content (AvgIpc) is 2.89. The third-order valence-electron chi connectivity index (χ3n) is 3.57. The molecule has 1 aromatic rings. The molecule has 0 aliphatic carbocycles. The fourth-order valence-corrected chi connectivity index (χ4v) is 2.32. The quantitative estimate of drug-likeness (QED) is 0.390. The molecular formula is C15H30IN5S. The van der Waals surface area contributed by atoms with Gasteiger partial charge in [-0.2, -0.15) is 0 Å². The van der Waals surface area contributed by atoms with Crippen molar-refractivity contribution in [2.75, 3.05) is 27.2 Å². The molecule has 1 aromatic heterocycles. The van der Waals surface area contributed by atoms with E-state index in [9.17, 15) is 0 Å². The summed E-state index contributed by atoms with van der Waals surface area (Å²) in [6.07, 6.45) is 2.99. The zero-order chi connectivity index (χ0) is 15.9. The fraction of sp³-hybridized carbons (Fsp3) is 0.733. The first-order valence-electron chi connectivity index (χ1n) is 7.52. The fourth-order valence-electron chi connectivity index (χ4n) is 1.53. The van der Waals surface area contributed by atoms with E-state index in [-0.39, 0.29) is 29.5 Å². The number of halogens is 1. The van der Waals surface area contributed by atoms with Gasteiger partial charge in [0.05, 0.1) is 6.54 Å². The van der Waals surface area contributed by atoms with E-state index in [1.807, 2.05) is 6.20 Å². The van der Waals surface area contributed by atoms with Gasteiger partial charge in [-0.1, -0.05) is 6.92 Å². The minimum Gasteiger partial charge on any atom is -0.357 e. The van der Waals surface area contributed by atoms with Gasteiger partial charge in [-0.25, -0.2) is 9.98 Å². The maximum atomic E-state index is 4.62. The summed E-state index contributed by atoms with van der Waals surface area (Å²) in [5.74, 6) is 0.848.